The van der Waals surface area contributed by atoms with Gasteiger partial charge in [0.15, 0.2) is 0 Å². The minimum atomic E-state index is -0.321. The van der Waals surface area contributed by atoms with E-state index in [4.69, 9.17) is 4.74 Å². The first kappa shape index (κ1) is 22.5. The van der Waals surface area contributed by atoms with Gasteiger partial charge in [0.2, 0.25) is 0 Å². The molecular weight excluding hydrogens is 474 g/mol. The van der Waals surface area contributed by atoms with Crippen molar-refractivity contribution < 1.29 is 14.3 Å². The van der Waals surface area contributed by atoms with Crippen molar-refractivity contribution in [3.63, 3.8) is 0 Å². The predicted molar refractivity (Wildman–Crippen MR) is 142 cm³/mol. The van der Waals surface area contributed by atoms with E-state index >= 15 is 0 Å². The van der Waals surface area contributed by atoms with E-state index in [1.807, 2.05) is 61.5 Å². The average molecular weight is 500 g/mol. The van der Waals surface area contributed by atoms with Crippen LogP contribution in [0.15, 0.2) is 60.8 Å². The van der Waals surface area contributed by atoms with E-state index in [2.05, 4.69) is 20.9 Å². The van der Waals surface area contributed by atoms with Crippen LogP contribution in [0.4, 0.5) is 21.9 Å². The molecule has 3 N–H and O–H groups in total. The summed E-state index contributed by atoms with van der Waals surface area (Å²) in [5, 5.41) is 10.2. The number of aromatic nitrogens is 1. The maximum Gasteiger partial charge on any atom is 0.331 e. The molecule has 6 rings (SSSR count). The zero-order chi connectivity index (χ0) is 24.6. The number of urea groups is 1. The molecule has 9 heteroatoms. The first-order chi connectivity index (χ1) is 17.6. The Kier molecular flexibility index (Phi) is 5.79. The molecule has 0 bridgehead atoms. The molecular formula is C27H25N5O3S. The van der Waals surface area contributed by atoms with E-state index in [0.29, 0.717) is 26.8 Å². The van der Waals surface area contributed by atoms with E-state index in [0.717, 1.165) is 48.4 Å². The van der Waals surface area contributed by atoms with Gasteiger partial charge in [-0.3, -0.25) is 9.69 Å². The summed E-state index contributed by atoms with van der Waals surface area (Å²) in [6, 6.07) is 16.8. The number of aryl methyl sites for hydroxylation is 1. The minimum Gasteiger partial charge on any atom is -0.457 e. The van der Waals surface area contributed by atoms with Gasteiger partial charge in [-0.05, 0) is 68.3 Å². The van der Waals surface area contributed by atoms with E-state index in [-0.39, 0.29) is 18.0 Å². The highest BCUT2D eigenvalue weighted by Crippen LogP contribution is 2.46. The quantitative estimate of drug-likeness (QED) is 0.334. The molecule has 4 aromatic rings. The zero-order valence-corrected chi connectivity index (χ0v) is 20.5. The van der Waals surface area contributed by atoms with Gasteiger partial charge >= 0.3 is 6.03 Å². The lowest BCUT2D eigenvalue weighted by Gasteiger charge is -2.29. The van der Waals surface area contributed by atoms with Gasteiger partial charge < -0.3 is 20.7 Å². The molecule has 0 radical (unpaired) electrons. The highest BCUT2D eigenvalue weighted by molar-refractivity contribution is 7.21. The summed E-state index contributed by atoms with van der Waals surface area (Å²) in [5.74, 6) is 1.28. The number of hydrogen-bond donors (Lipinski definition) is 3. The summed E-state index contributed by atoms with van der Waals surface area (Å²) < 4.78 is 6.01. The van der Waals surface area contributed by atoms with Gasteiger partial charge in [0.05, 0.1) is 22.4 Å². The van der Waals surface area contributed by atoms with Crippen molar-refractivity contribution in [2.75, 3.05) is 23.3 Å². The number of nitrogens with zero attached hydrogens (tertiary/aromatic N) is 2. The Hall–Kier alpha value is -3.95. The molecule has 36 heavy (non-hydrogen) atoms. The van der Waals surface area contributed by atoms with Gasteiger partial charge in [0.25, 0.3) is 5.91 Å². The van der Waals surface area contributed by atoms with Gasteiger partial charge in [-0.25, -0.2) is 9.78 Å². The number of para-hydroxylation sites is 1. The number of thiophene rings is 1. The Morgan fingerprint density at radius 1 is 1.19 bits per heavy atom. The van der Waals surface area contributed by atoms with E-state index in [1.165, 1.54) is 11.3 Å². The Bertz CT molecular complexity index is 1460. The highest BCUT2D eigenvalue weighted by atomic mass is 32.1. The van der Waals surface area contributed by atoms with E-state index in [9.17, 15) is 9.59 Å². The molecule has 2 aliphatic heterocycles. The minimum absolute atomic E-state index is 0.0754. The van der Waals surface area contributed by atoms with Crippen LogP contribution in [0.1, 0.15) is 28.1 Å². The number of ether oxygens (including phenoxy) is 1. The second-order valence-electron chi connectivity index (χ2n) is 8.96. The molecule has 1 fully saturated rings. The number of carbonyl (C=O) groups excluding carboxylic acids is 2. The zero-order valence-electron chi connectivity index (χ0n) is 19.7. The smallest absolute Gasteiger partial charge is 0.331 e. The number of pyridine rings is 1. The highest BCUT2D eigenvalue weighted by Gasteiger charge is 2.33. The topological polar surface area (TPSA) is 95.6 Å². The fourth-order valence-corrected chi connectivity index (χ4v) is 5.75. The van der Waals surface area contributed by atoms with Crippen LogP contribution in [0.2, 0.25) is 0 Å². The lowest BCUT2D eigenvalue weighted by molar-refractivity contribution is 0.0935. The molecule has 2 aliphatic rings. The van der Waals surface area contributed by atoms with Crippen LogP contribution in [-0.2, 0) is 0 Å². The molecule has 0 unspecified atom stereocenters. The molecule has 1 saturated heterocycles. The lowest BCUT2D eigenvalue weighted by Crippen LogP contribution is -2.45. The lowest BCUT2D eigenvalue weighted by atomic mass is 10.1. The van der Waals surface area contributed by atoms with Crippen molar-refractivity contribution >= 4 is 50.6 Å². The first-order valence-corrected chi connectivity index (χ1v) is 12.8. The van der Waals surface area contributed by atoms with Crippen LogP contribution >= 0.6 is 11.3 Å². The van der Waals surface area contributed by atoms with Gasteiger partial charge in [-0.15, -0.1) is 11.3 Å². The molecule has 0 spiro atoms. The number of rotatable bonds is 5. The summed E-state index contributed by atoms with van der Waals surface area (Å²) >= 11 is 1.30. The Labute approximate surface area is 212 Å². The molecule has 2 aromatic carbocycles. The molecule has 4 heterocycles. The molecule has 0 saturated carbocycles. The third-order valence-electron chi connectivity index (χ3n) is 6.47. The van der Waals surface area contributed by atoms with Crippen molar-refractivity contribution in [2.45, 2.75) is 25.8 Å². The molecule has 0 aliphatic carbocycles. The second kappa shape index (κ2) is 9.25. The summed E-state index contributed by atoms with van der Waals surface area (Å²) in [7, 11) is 0. The van der Waals surface area contributed by atoms with E-state index < -0.39 is 0 Å². The van der Waals surface area contributed by atoms with Crippen LogP contribution in [-0.4, -0.2) is 36.1 Å². The monoisotopic (exact) mass is 499 g/mol. The van der Waals surface area contributed by atoms with Crippen molar-refractivity contribution in [2.24, 2.45) is 0 Å². The van der Waals surface area contributed by atoms with Crippen LogP contribution in [0.25, 0.3) is 10.2 Å². The summed E-state index contributed by atoms with van der Waals surface area (Å²) in [4.78, 5) is 33.8. The molecule has 1 atom stereocenters. The number of hydrogen-bond acceptors (Lipinski definition) is 6. The standard InChI is InChI=1S/C27H25N5O3S/c1-16-14-18(9-10-21(16)35-19-7-3-2-4-8-19)32-20-11-13-29-26-22(20)23(31-27(32)34)24(36-26)25(33)30-17-6-5-12-28-15-17/h2-4,7-11,13-14,17,28H,5-6,12,15H2,1H3,(H,30,33)(H,31,34)/t17-/m1/s1. The summed E-state index contributed by atoms with van der Waals surface area (Å²) in [5.41, 5.74) is 2.83. The summed E-state index contributed by atoms with van der Waals surface area (Å²) in [6.45, 7) is 3.67. The SMILES string of the molecule is Cc1cc(N2C(=O)Nc3c(C(=O)N[C@@H]4CCCNC4)sc4nccc2c34)ccc1Oc1ccccc1. The maximum absolute atomic E-state index is 13.4. The third-order valence-corrected chi connectivity index (χ3v) is 7.57. The Morgan fingerprint density at radius 2 is 2.06 bits per heavy atom. The fraction of sp³-hybridized carbons (Fsp3) is 0.222. The van der Waals surface area contributed by atoms with Crippen molar-refractivity contribution in [3.8, 4) is 11.5 Å². The number of carbonyl (C=O) groups is 2. The first-order valence-electron chi connectivity index (χ1n) is 12.0. The number of amides is 3. The van der Waals surface area contributed by atoms with Crippen LogP contribution in [0.3, 0.4) is 0 Å². The van der Waals surface area contributed by atoms with Crippen molar-refractivity contribution in [1.82, 2.24) is 15.6 Å². The average Bonchev–Trinajstić information content (AvgIpc) is 3.26. The number of piperidine rings is 1. The van der Waals surface area contributed by atoms with E-state index in [1.54, 1.807) is 11.1 Å². The Balaban J connectivity index is 1.34. The van der Waals surface area contributed by atoms with Crippen molar-refractivity contribution in [1.29, 1.82) is 0 Å². The number of anilines is 3. The van der Waals surface area contributed by atoms with Gasteiger partial charge in [0.1, 0.15) is 21.2 Å². The van der Waals surface area contributed by atoms with Gasteiger partial charge in [-0.2, -0.15) is 0 Å². The second-order valence-corrected chi connectivity index (χ2v) is 9.96. The fourth-order valence-electron chi connectivity index (χ4n) is 4.73. The van der Waals surface area contributed by atoms with Crippen LogP contribution in [0.5, 0.6) is 11.5 Å². The molecule has 8 nitrogen and oxygen atoms in total. The number of nitrogens with one attached hydrogen (secondary N) is 3. The van der Waals surface area contributed by atoms with Crippen LogP contribution < -0.4 is 25.6 Å². The third kappa shape index (κ3) is 4.06. The molecule has 2 aromatic heterocycles. The largest absolute Gasteiger partial charge is 0.457 e. The van der Waals surface area contributed by atoms with Gasteiger partial charge in [0, 0.05) is 18.8 Å². The van der Waals surface area contributed by atoms with Crippen molar-refractivity contribution in [3.05, 3.63) is 71.2 Å². The van der Waals surface area contributed by atoms with Crippen LogP contribution in [0, 0.1) is 6.92 Å². The molecule has 3 amide bonds. The van der Waals surface area contributed by atoms with Gasteiger partial charge in [-0.1, -0.05) is 18.2 Å². The normalized spacial score (nSPS) is 17.1. The predicted octanol–water partition coefficient (Wildman–Crippen LogP) is 5.56. The summed E-state index contributed by atoms with van der Waals surface area (Å²) in [6.07, 6.45) is 3.64. The number of benzene rings is 2. The molecule has 182 valence electrons. The maximum atomic E-state index is 13.4. The Morgan fingerprint density at radius 3 is 2.83 bits per heavy atom.